The molecule has 1 aromatic carbocycles. The number of halogens is 2. The summed E-state index contributed by atoms with van der Waals surface area (Å²) in [6.07, 6.45) is 10.3. The molecule has 0 aromatic heterocycles. The largest absolute Gasteiger partial charge is 0.504 e. The van der Waals surface area contributed by atoms with Gasteiger partial charge in [0, 0.05) is 0 Å². The van der Waals surface area contributed by atoms with Crippen LogP contribution in [0.3, 0.4) is 0 Å². The van der Waals surface area contributed by atoms with E-state index < -0.39 is 5.97 Å². The van der Waals surface area contributed by atoms with Gasteiger partial charge in [0.2, 0.25) is 0 Å². The number of phenols is 2. The third-order valence-corrected chi connectivity index (χ3v) is 6.00. The van der Waals surface area contributed by atoms with E-state index in [0.717, 1.165) is 62.5 Å². The van der Waals surface area contributed by atoms with Gasteiger partial charge in [-0.3, -0.25) is 0 Å². The molecule has 0 saturated heterocycles. The number of carbonyl (C=O) groups is 1. The number of benzene rings is 1. The predicted octanol–water partition coefficient (Wildman–Crippen LogP) is 6.45. The van der Waals surface area contributed by atoms with Gasteiger partial charge < -0.3 is 13.3 Å². The molecule has 0 unspecified atom stereocenters. The van der Waals surface area contributed by atoms with Crippen molar-refractivity contribution in [2.75, 3.05) is 0 Å². The van der Waals surface area contributed by atoms with Crippen molar-refractivity contribution < 1.29 is 18.1 Å². The zero-order valence-electron chi connectivity index (χ0n) is 15.0. The highest BCUT2D eigenvalue weighted by molar-refractivity contribution is 14.1. The van der Waals surface area contributed by atoms with E-state index in [0.29, 0.717) is 9.99 Å². The molecule has 0 spiro atoms. The molecule has 0 aliphatic carbocycles. The molecule has 1 aromatic rings. The van der Waals surface area contributed by atoms with Gasteiger partial charge in [0.05, 0.1) is 3.57 Å². The molecule has 4 nitrogen and oxygen atoms in total. The summed E-state index contributed by atoms with van der Waals surface area (Å²) in [5.74, 6) is -1.15. The number of rotatable bonds is 11. The molecular formula is C19H28I2O4. The number of carbonyl (C=O) groups excluding carboxylic acids is 1. The van der Waals surface area contributed by atoms with Crippen LogP contribution >= 0.6 is 45.6 Å². The van der Waals surface area contributed by atoms with E-state index in [9.17, 15) is 15.0 Å². The fourth-order valence-electron chi connectivity index (χ4n) is 3.04. The Morgan fingerprint density at radius 1 is 0.880 bits per heavy atom. The molecule has 0 aliphatic rings. The predicted molar refractivity (Wildman–Crippen MR) is 118 cm³/mol. The first-order valence-electron chi connectivity index (χ1n) is 9.07. The summed E-state index contributed by atoms with van der Waals surface area (Å²) in [4.78, 5) is 12.2. The molecule has 6 heteroatoms. The van der Waals surface area contributed by atoms with Crippen LogP contribution in [0.15, 0.2) is 0 Å². The lowest BCUT2D eigenvalue weighted by atomic mass is 9.91. The first-order chi connectivity index (χ1) is 12.0. The topological polar surface area (TPSA) is 66.8 Å². The maximum absolute atomic E-state index is 12.2. The second kappa shape index (κ2) is 12.2. The van der Waals surface area contributed by atoms with Gasteiger partial charge >= 0.3 is 5.97 Å². The summed E-state index contributed by atoms with van der Waals surface area (Å²) in [7, 11) is 0. The van der Waals surface area contributed by atoms with Gasteiger partial charge in [0.25, 0.3) is 0 Å². The highest BCUT2D eigenvalue weighted by atomic mass is 127. The summed E-state index contributed by atoms with van der Waals surface area (Å²) in [6.45, 7) is 4.33. The van der Waals surface area contributed by atoms with Crippen molar-refractivity contribution in [1.82, 2.24) is 0 Å². The third kappa shape index (κ3) is 6.45. The third-order valence-electron chi connectivity index (χ3n) is 4.43. The standard InChI is InChI=1S/C19H28I2O4/c1-3-5-7-9-11-13-14(12-10-8-6-4-2)16(20)18(23)17(22)15(13)19(24)25-21/h22-23H,3-12H2,1-2H3. The van der Waals surface area contributed by atoms with Crippen LogP contribution in [0.2, 0.25) is 0 Å². The highest BCUT2D eigenvalue weighted by Gasteiger charge is 2.27. The number of hydrogen-bond acceptors (Lipinski definition) is 4. The lowest BCUT2D eigenvalue weighted by Gasteiger charge is -2.18. The van der Waals surface area contributed by atoms with Crippen molar-refractivity contribution in [3.05, 3.63) is 20.3 Å². The molecule has 0 saturated carbocycles. The van der Waals surface area contributed by atoms with Gasteiger partial charge in [-0.05, 0) is 59.4 Å². The molecule has 2 N–H and O–H groups in total. The van der Waals surface area contributed by atoms with E-state index >= 15 is 0 Å². The van der Waals surface area contributed by atoms with Gasteiger partial charge in [-0.25, -0.2) is 4.79 Å². The van der Waals surface area contributed by atoms with Gasteiger partial charge in [0.15, 0.2) is 34.5 Å². The number of hydrogen-bond donors (Lipinski definition) is 2. The van der Waals surface area contributed by atoms with Crippen molar-refractivity contribution >= 4 is 51.6 Å². The normalized spacial score (nSPS) is 10.9. The average molecular weight is 574 g/mol. The quantitative estimate of drug-likeness (QED) is 0.181. The minimum atomic E-state index is -0.593. The summed E-state index contributed by atoms with van der Waals surface area (Å²) in [6, 6.07) is 0. The Hall–Kier alpha value is -0.250. The van der Waals surface area contributed by atoms with E-state index in [4.69, 9.17) is 3.07 Å². The molecule has 142 valence electrons. The summed E-state index contributed by atoms with van der Waals surface area (Å²) >= 11 is 3.60. The molecule has 0 aliphatic heterocycles. The lowest BCUT2D eigenvalue weighted by molar-refractivity contribution is 0.0795. The first-order valence-corrected chi connectivity index (χ1v) is 11.0. The van der Waals surface area contributed by atoms with Crippen LogP contribution in [-0.4, -0.2) is 16.2 Å². The lowest BCUT2D eigenvalue weighted by Crippen LogP contribution is -2.10. The summed E-state index contributed by atoms with van der Waals surface area (Å²) in [5.41, 5.74) is 1.96. The van der Waals surface area contributed by atoms with Crippen LogP contribution in [-0.2, 0) is 15.9 Å². The van der Waals surface area contributed by atoms with Crippen LogP contribution in [0.25, 0.3) is 0 Å². The highest BCUT2D eigenvalue weighted by Crippen LogP contribution is 2.41. The van der Waals surface area contributed by atoms with E-state index in [1.54, 1.807) is 0 Å². The second-order valence-corrected chi connectivity index (χ2v) is 7.85. The van der Waals surface area contributed by atoms with Crippen LogP contribution in [0.5, 0.6) is 11.5 Å². The van der Waals surface area contributed by atoms with Gasteiger partial charge in [0.1, 0.15) is 5.56 Å². The number of aromatic hydroxyl groups is 2. The number of phenolic OH excluding ortho intramolecular Hbond substituents is 2. The van der Waals surface area contributed by atoms with Gasteiger partial charge in [-0.15, -0.1) is 0 Å². The Morgan fingerprint density at radius 3 is 1.88 bits per heavy atom. The van der Waals surface area contributed by atoms with Gasteiger partial charge in [-0.2, -0.15) is 0 Å². The molecule has 1 rings (SSSR count). The Labute approximate surface area is 178 Å². The van der Waals surface area contributed by atoms with E-state index in [2.05, 4.69) is 36.4 Å². The van der Waals surface area contributed by atoms with E-state index in [1.807, 2.05) is 0 Å². The molecule has 0 fully saturated rings. The molecule has 25 heavy (non-hydrogen) atoms. The van der Waals surface area contributed by atoms with E-state index in [-0.39, 0.29) is 17.1 Å². The Bertz CT molecular complexity index is 573. The van der Waals surface area contributed by atoms with Crippen LogP contribution < -0.4 is 0 Å². The maximum Gasteiger partial charge on any atom is 0.351 e. The fraction of sp³-hybridized carbons (Fsp3) is 0.632. The SMILES string of the molecule is CCCCCCc1c(I)c(O)c(O)c(C(=O)OI)c1CCCCCC. The van der Waals surface area contributed by atoms with Crippen molar-refractivity contribution in [3.8, 4) is 11.5 Å². The molecule has 0 atom stereocenters. The van der Waals surface area contributed by atoms with Crippen molar-refractivity contribution in [1.29, 1.82) is 0 Å². The van der Waals surface area contributed by atoms with Crippen LogP contribution in [0.1, 0.15) is 86.7 Å². The minimum Gasteiger partial charge on any atom is -0.504 e. The zero-order chi connectivity index (χ0) is 18.8. The van der Waals surface area contributed by atoms with Crippen molar-refractivity contribution in [2.24, 2.45) is 0 Å². The minimum absolute atomic E-state index is 0.134. The first kappa shape index (κ1) is 22.8. The monoisotopic (exact) mass is 574 g/mol. The Morgan fingerprint density at radius 2 is 1.40 bits per heavy atom. The molecule has 0 bridgehead atoms. The van der Waals surface area contributed by atoms with Crippen molar-refractivity contribution in [2.45, 2.75) is 78.1 Å². The smallest absolute Gasteiger partial charge is 0.351 e. The molecule has 0 heterocycles. The fourth-order valence-corrected chi connectivity index (χ4v) is 4.11. The molecule has 0 radical (unpaired) electrons. The van der Waals surface area contributed by atoms with Crippen LogP contribution in [0, 0.1) is 3.57 Å². The summed E-state index contributed by atoms with van der Waals surface area (Å²) < 4.78 is 5.49. The average Bonchev–Trinajstić information content (AvgIpc) is 2.61. The molecular weight excluding hydrogens is 546 g/mol. The van der Waals surface area contributed by atoms with Crippen molar-refractivity contribution in [3.63, 3.8) is 0 Å². The molecule has 0 amide bonds. The van der Waals surface area contributed by atoms with Gasteiger partial charge in [-0.1, -0.05) is 52.4 Å². The number of unbranched alkanes of at least 4 members (excludes halogenated alkanes) is 6. The second-order valence-electron chi connectivity index (χ2n) is 6.33. The zero-order valence-corrected chi connectivity index (χ0v) is 19.4. The maximum atomic E-state index is 12.2. The summed E-state index contributed by atoms with van der Waals surface area (Å²) in [5, 5.41) is 20.6. The Balaban J connectivity index is 3.23. The van der Waals surface area contributed by atoms with Crippen LogP contribution in [0.4, 0.5) is 0 Å². The Kier molecular flexibility index (Phi) is 11.1. The van der Waals surface area contributed by atoms with E-state index in [1.165, 1.54) is 29.4 Å².